The van der Waals surface area contributed by atoms with Crippen LogP contribution in [0.5, 0.6) is 17.2 Å². The SMILES string of the molecule is COC(=O)Cc1ccc(OC)c(Oc2ccc(Br)cc2CO)c1. The van der Waals surface area contributed by atoms with Crippen molar-refractivity contribution >= 4 is 21.9 Å². The highest BCUT2D eigenvalue weighted by molar-refractivity contribution is 9.10. The molecule has 0 unspecified atom stereocenters. The summed E-state index contributed by atoms with van der Waals surface area (Å²) in [6.07, 6.45) is 0.143. The van der Waals surface area contributed by atoms with Crippen LogP contribution < -0.4 is 9.47 Å². The maximum absolute atomic E-state index is 11.4. The van der Waals surface area contributed by atoms with Gasteiger partial charge in [0.2, 0.25) is 0 Å². The molecule has 1 N–H and O–H groups in total. The number of methoxy groups -OCH3 is 2. The molecule has 0 aliphatic carbocycles. The molecule has 2 aromatic rings. The third kappa shape index (κ3) is 4.46. The van der Waals surface area contributed by atoms with E-state index in [2.05, 4.69) is 20.7 Å². The lowest BCUT2D eigenvalue weighted by atomic mass is 10.1. The average molecular weight is 381 g/mol. The lowest BCUT2D eigenvalue weighted by Gasteiger charge is -2.14. The molecule has 2 aromatic carbocycles. The topological polar surface area (TPSA) is 65.0 Å². The molecule has 6 heteroatoms. The van der Waals surface area contributed by atoms with Crippen molar-refractivity contribution in [2.24, 2.45) is 0 Å². The lowest BCUT2D eigenvalue weighted by molar-refractivity contribution is -0.139. The van der Waals surface area contributed by atoms with E-state index in [4.69, 9.17) is 9.47 Å². The highest BCUT2D eigenvalue weighted by Crippen LogP contribution is 2.35. The molecule has 0 radical (unpaired) electrons. The van der Waals surface area contributed by atoms with E-state index in [1.807, 2.05) is 6.07 Å². The van der Waals surface area contributed by atoms with E-state index in [0.717, 1.165) is 10.0 Å². The number of hydrogen-bond acceptors (Lipinski definition) is 5. The first-order valence-electron chi connectivity index (χ1n) is 6.88. The van der Waals surface area contributed by atoms with Crippen LogP contribution in [0.2, 0.25) is 0 Å². The Bertz CT molecular complexity index is 699. The second-order valence-electron chi connectivity index (χ2n) is 4.75. The van der Waals surface area contributed by atoms with Crippen molar-refractivity contribution in [1.82, 2.24) is 0 Å². The van der Waals surface area contributed by atoms with Crippen LogP contribution in [0.25, 0.3) is 0 Å². The van der Waals surface area contributed by atoms with E-state index in [9.17, 15) is 9.90 Å². The molecular formula is C17H17BrO5. The van der Waals surface area contributed by atoms with Gasteiger partial charge in [-0.05, 0) is 35.9 Å². The molecule has 0 aromatic heterocycles. The lowest BCUT2D eigenvalue weighted by Crippen LogP contribution is -2.04. The second-order valence-corrected chi connectivity index (χ2v) is 5.67. The Morgan fingerprint density at radius 2 is 1.83 bits per heavy atom. The first-order chi connectivity index (χ1) is 11.1. The smallest absolute Gasteiger partial charge is 0.309 e. The number of benzene rings is 2. The number of aliphatic hydroxyl groups excluding tert-OH is 1. The third-order valence-electron chi connectivity index (χ3n) is 3.22. The predicted molar refractivity (Wildman–Crippen MR) is 88.9 cm³/mol. The predicted octanol–water partition coefficient (Wildman–Crippen LogP) is 3.46. The van der Waals surface area contributed by atoms with Gasteiger partial charge in [0.15, 0.2) is 11.5 Å². The summed E-state index contributed by atoms with van der Waals surface area (Å²) in [6.45, 7) is -0.154. The number of ether oxygens (including phenoxy) is 3. The van der Waals surface area contributed by atoms with Gasteiger partial charge >= 0.3 is 5.97 Å². The van der Waals surface area contributed by atoms with Crippen LogP contribution in [0.4, 0.5) is 0 Å². The molecule has 0 aliphatic rings. The number of aliphatic hydroxyl groups is 1. The maximum atomic E-state index is 11.4. The van der Waals surface area contributed by atoms with Gasteiger partial charge in [0.1, 0.15) is 5.75 Å². The molecule has 0 saturated carbocycles. The van der Waals surface area contributed by atoms with Crippen LogP contribution >= 0.6 is 15.9 Å². The van der Waals surface area contributed by atoms with Gasteiger partial charge < -0.3 is 19.3 Å². The van der Waals surface area contributed by atoms with Gasteiger partial charge in [-0.25, -0.2) is 0 Å². The first-order valence-corrected chi connectivity index (χ1v) is 7.67. The maximum Gasteiger partial charge on any atom is 0.309 e. The molecule has 0 saturated heterocycles. The van der Waals surface area contributed by atoms with Crippen LogP contribution in [0.1, 0.15) is 11.1 Å². The molecular weight excluding hydrogens is 364 g/mol. The van der Waals surface area contributed by atoms with Crippen LogP contribution in [-0.2, 0) is 22.6 Å². The molecule has 23 heavy (non-hydrogen) atoms. The number of carbonyl (C=O) groups is 1. The minimum atomic E-state index is -0.333. The second kappa shape index (κ2) is 7.99. The van der Waals surface area contributed by atoms with Crippen molar-refractivity contribution < 1.29 is 24.1 Å². The fraction of sp³-hybridized carbons (Fsp3) is 0.235. The molecule has 0 heterocycles. The quantitative estimate of drug-likeness (QED) is 0.777. The Kier molecular flexibility index (Phi) is 6.01. The fourth-order valence-corrected chi connectivity index (χ4v) is 2.45. The van der Waals surface area contributed by atoms with E-state index in [-0.39, 0.29) is 19.0 Å². The monoisotopic (exact) mass is 380 g/mol. The van der Waals surface area contributed by atoms with Crippen molar-refractivity contribution in [3.63, 3.8) is 0 Å². The Labute approximate surface area is 142 Å². The van der Waals surface area contributed by atoms with Gasteiger partial charge in [-0.1, -0.05) is 22.0 Å². The summed E-state index contributed by atoms with van der Waals surface area (Å²) >= 11 is 3.35. The Morgan fingerprint density at radius 3 is 2.48 bits per heavy atom. The highest BCUT2D eigenvalue weighted by atomic mass is 79.9. The van der Waals surface area contributed by atoms with Gasteiger partial charge in [0.25, 0.3) is 0 Å². The van der Waals surface area contributed by atoms with Gasteiger partial charge in [-0.15, -0.1) is 0 Å². The van der Waals surface area contributed by atoms with E-state index < -0.39 is 0 Å². The van der Waals surface area contributed by atoms with Crippen molar-refractivity contribution in [3.05, 3.63) is 52.0 Å². The number of carbonyl (C=O) groups excluding carboxylic acids is 1. The summed E-state index contributed by atoms with van der Waals surface area (Å²) in [5.41, 5.74) is 1.38. The zero-order valence-corrected chi connectivity index (χ0v) is 14.4. The molecule has 0 bridgehead atoms. The molecule has 5 nitrogen and oxygen atoms in total. The fourth-order valence-electron chi connectivity index (χ4n) is 2.04. The number of rotatable bonds is 6. The molecule has 2 rings (SSSR count). The first kappa shape index (κ1) is 17.3. The number of esters is 1. The summed E-state index contributed by atoms with van der Waals surface area (Å²) in [5, 5.41) is 9.46. The van der Waals surface area contributed by atoms with Crippen molar-refractivity contribution in [2.45, 2.75) is 13.0 Å². The molecule has 122 valence electrons. The number of halogens is 1. The Morgan fingerprint density at radius 1 is 1.09 bits per heavy atom. The third-order valence-corrected chi connectivity index (χ3v) is 3.71. The molecule has 0 spiro atoms. The van der Waals surface area contributed by atoms with Gasteiger partial charge in [0.05, 0.1) is 27.2 Å². The van der Waals surface area contributed by atoms with Crippen molar-refractivity contribution in [1.29, 1.82) is 0 Å². The summed E-state index contributed by atoms with van der Waals surface area (Å²) in [6, 6.07) is 10.6. The Hall–Kier alpha value is -2.05. The van der Waals surface area contributed by atoms with Crippen LogP contribution in [0.3, 0.4) is 0 Å². The van der Waals surface area contributed by atoms with Gasteiger partial charge in [-0.2, -0.15) is 0 Å². The summed E-state index contributed by atoms with van der Waals surface area (Å²) in [4.78, 5) is 11.4. The Balaban J connectivity index is 2.34. The van der Waals surface area contributed by atoms with Crippen LogP contribution in [0, 0.1) is 0 Å². The van der Waals surface area contributed by atoms with Crippen molar-refractivity contribution in [3.8, 4) is 17.2 Å². The van der Waals surface area contributed by atoms with E-state index in [1.54, 1.807) is 30.3 Å². The minimum Gasteiger partial charge on any atom is -0.493 e. The largest absolute Gasteiger partial charge is 0.493 e. The minimum absolute atomic E-state index is 0.143. The number of hydrogen-bond donors (Lipinski definition) is 1. The molecule has 0 aliphatic heterocycles. The molecule has 0 atom stereocenters. The highest BCUT2D eigenvalue weighted by Gasteiger charge is 2.12. The zero-order valence-electron chi connectivity index (χ0n) is 12.8. The average Bonchev–Trinajstić information content (AvgIpc) is 2.56. The molecule has 0 fully saturated rings. The van der Waals surface area contributed by atoms with Crippen LogP contribution in [-0.4, -0.2) is 25.3 Å². The van der Waals surface area contributed by atoms with E-state index >= 15 is 0 Å². The molecule has 0 amide bonds. The van der Waals surface area contributed by atoms with E-state index in [1.165, 1.54) is 14.2 Å². The standard InChI is InChI=1S/C17H17BrO5/c1-21-15-5-3-11(8-17(20)22-2)7-16(15)23-14-6-4-13(18)9-12(14)10-19/h3-7,9,19H,8,10H2,1-2H3. The zero-order chi connectivity index (χ0) is 16.8. The van der Waals surface area contributed by atoms with Gasteiger partial charge in [0, 0.05) is 10.0 Å². The van der Waals surface area contributed by atoms with Gasteiger partial charge in [-0.3, -0.25) is 4.79 Å². The summed E-state index contributed by atoms with van der Waals surface area (Å²) in [7, 11) is 2.88. The van der Waals surface area contributed by atoms with Crippen molar-refractivity contribution in [2.75, 3.05) is 14.2 Å². The van der Waals surface area contributed by atoms with E-state index in [0.29, 0.717) is 22.8 Å². The summed E-state index contributed by atoms with van der Waals surface area (Å²) < 4.78 is 16.7. The van der Waals surface area contributed by atoms with Crippen LogP contribution in [0.15, 0.2) is 40.9 Å². The normalized spacial score (nSPS) is 10.3. The summed E-state index contributed by atoms with van der Waals surface area (Å²) in [5.74, 6) is 1.18.